The molecule has 19 heavy (non-hydrogen) atoms. The van der Waals surface area contributed by atoms with Crippen molar-refractivity contribution in [3.63, 3.8) is 0 Å². The standard InChI is InChI=1S/C12H13Cl2N3O2/c13-10-2-1-9(11(14)5-10)6-19-7-12-15-8-17(16-12)3-4-18/h1-2,5,8,18H,3-4,6-7H2. The second-order valence-electron chi connectivity index (χ2n) is 3.88. The number of halogens is 2. The van der Waals surface area contributed by atoms with Gasteiger partial charge in [-0.2, -0.15) is 5.10 Å². The summed E-state index contributed by atoms with van der Waals surface area (Å²) >= 11 is 11.8. The highest BCUT2D eigenvalue weighted by molar-refractivity contribution is 6.35. The van der Waals surface area contributed by atoms with Gasteiger partial charge in [-0.25, -0.2) is 4.98 Å². The number of hydrogen-bond acceptors (Lipinski definition) is 4. The van der Waals surface area contributed by atoms with Crippen LogP contribution in [0.1, 0.15) is 11.4 Å². The lowest BCUT2D eigenvalue weighted by atomic mass is 10.2. The molecule has 0 bridgehead atoms. The molecule has 2 aromatic rings. The van der Waals surface area contributed by atoms with E-state index in [4.69, 9.17) is 33.0 Å². The minimum Gasteiger partial charge on any atom is -0.394 e. The van der Waals surface area contributed by atoms with E-state index in [1.807, 2.05) is 6.07 Å². The third-order valence-electron chi connectivity index (χ3n) is 2.42. The zero-order chi connectivity index (χ0) is 13.7. The summed E-state index contributed by atoms with van der Waals surface area (Å²) in [6.07, 6.45) is 1.56. The van der Waals surface area contributed by atoms with E-state index < -0.39 is 0 Å². The van der Waals surface area contributed by atoms with Crippen molar-refractivity contribution < 1.29 is 9.84 Å². The van der Waals surface area contributed by atoms with Crippen molar-refractivity contribution in [1.29, 1.82) is 0 Å². The van der Waals surface area contributed by atoms with Gasteiger partial charge in [0.25, 0.3) is 0 Å². The van der Waals surface area contributed by atoms with Crippen LogP contribution in [-0.2, 0) is 24.5 Å². The summed E-state index contributed by atoms with van der Waals surface area (Å²) < 4.78 is 7.05. The topological polar surface area (TPSA) is 60.2 Å². The van der Waals surface area contributed by atoms with Gasteiger partial charge in [-0.1, -0.05) is 29.3 Å². The molecule has 0 aliphatic heterocycles. The molecule has 5 nitrogen and oxygen atoms in total. The normalized spacial score (nSPS) is 10.9. The number of rotatable bonds is 6. The quantitative estimate of drug-likeness (QED) is 0.889. The van der Waals surface area contributed by atoms with Gasteiger partial charge in [0.1, 0.15) is 12.9 Å². The van der Waals surface area contributed by atoms with Gasteiger partial charge in [0.05, 0.1) is 19.8 Å². The lowest BCUT2D eigenvalue weighted by molar-refractivity contribution is 0.101. The molecule has 0 unspecified atom stereocenters. The molecule has 0 radical (unpaired) electrons. The largest absolute Gasteiger partial charge is 0.394 e. The molecular weight excluding hydrogens is 289 g/mol. The Morgan fingerprint density at radius 2 is 2.11 bits per heavy atom. The fourth-order valence-electron chi connectivity index (χ4n) is 1.50. The number of hydrogen-bond donors (Lipinski definition) is 1. The Bertz CT molecular complexity index is 546. The first-order valence-corrected chi connectivity index (χ1v) is 6.45. The Morgan fingerprint density at radius 3 is 2.84 bits per heavy atom. The van der Waals surface area contributed by atoms with Crippen LogP contribution in [0, 0.1) is 0 Å². The number of aliphatic hydroxyl groups is 1. The number of benzene rings is 1. The van der Waals surface area contributed by atoms with E-state index in [0.29, 0.717) is 29.0 Å². The van der Waals surface area contributed by atoms with Gasteiger partial charge in [-0.15, -0.1) is 0 Å². The summed E-state index contributed by atoms with van der Waals surface area (Å²) in [7, 11) is 0. The fourth-order valence-corrected chi connectivity index (χ4v) is 1.96. The molecule has 0 amide bonds. The second-order valence-corrected chi connectivity index (χ2v) is 4.72. The lowest BCUT2D eigenvalue weighted by Crippen LogP contribution is -2.03. The summed E-state index contributed by atoms with van der Waals surface area (Å²) in [5.74, 6) is 0.568. The van der Waals surface area contributed by atoms with Crippen LogP contribution in [0.3, 0.4) is 0 Å². The molecular formula is C12H13Cl2N3O2. The van der Waals surface area contributed by atoms with Crippen molar-refractivity contribution in [3.05, 3.63) is 46.0 Å². The zero-order valence-corrected chi connectivity index (χ0v) is 11.6. The molecule has 1 aromatic carbocycles. The van der Waals surface area contributed by atoms with Crippen LogP contribution in [0.2, 0.25) is 10.0 Å². The predicted molar refractivity (Wildman–Crippen MR) is 72.1 cm³/mol. The third-order valence-corrected chi connectivity index (χ3v) is 3.00. The second kappa shape index (κ2) is 6.86. The maximum absolute atomic E-state index is 8.76. The Labute approximate surface area is 120 Å². The smallest absolute Gasteiger partial charge is 0.176 e. The molecule has 0 fully saturated rings. The molecule has 1 aromatic heterocycles. The van der Waals surface area contributed by atoms with Crippen LogP contribution in [0.25, 0.3) is 0 Å². The molecule has 0 spiro atoms. The average Bonchev–Trinajstić information content (AvgIpc) is 2.80. The SMILES string of the molecule is OCCn1cnc(COCc2ccc(Cl)cc2Cl)n1. The van der Waals surface area contributed by atoms with Gasteiger partial charge < -0.3 is 9.84 Å². The molecule has 7 heteroatoms. The van der Waals surface area contributed by atoms with Crippen LogP contribution in [0.4, 0.5) is 0 Å². The van der Waals surface area contributed by atoms with Gasteiger partial charge in [-0.3, -0.25) is 4.68 Å². The highest BCUT2D eigenvalue weighted by Crippen LogP contribution is 2.21. The van der Waals surface area contributed by atoms with Crippen LogP contribution in [0.5, 0.6) is 0 Å². The van der Waals surface area contributed by atoms with E-state index >= 15 is 0 Å². The minimum absolute atomic E-state index is 0.0318. The summed E-state index contributed by atoms with van der Waals surface area (Å²) in [6, 6.07) is 5.26. The average molecular weight is 302 g/mol. The number of aromatic nitrogens is 3. The van der Waals surface area contributed by atoms with E-state index in [9.17, 15) is 0 Å². The van der Waals surface area contributed by atoms with E-state index in [1.54, 1.807) is 23.1 Å². The van der Waals surface area contributed by atoms with Crippen LogP contribution < -0.4 is 0 Å². The highest BCUT2D eigenvalue weighted by Gasteiger charge is 2.04. The molecule has 102 valence electrons. The summed E-state index contributed by atoms with van der Waals surface area (Å²) in [5, 5.41) is 14.1. The van der Waals surface area contributed by atoms with E-state index in [1.165, 1.54) is 0 Å². The fraction of sp³-hybridized carbons (Fsp3) is 0.333. The number of ether oxygens (including phenoxy) is 1. The predicted octanol–water partition coefficient (Wildman–Crippen LogP) is 2.29. The molecule has 0 aliphatic carbocycles. The van der Waals surface area contributed by atoms with Crippen molar-refractivity contribution in [2.24, 2.45) is 0 Å². The van der Waals surface area contributed by atoms with Crippen molar-refractivity contribution in [1.82, 2.24) is 14.8 Å². The van der Waals surface area contributed by atoms with Crippen LogP contribution in [0.15, 0.2) is 24.5 Å². The molecule has 1 N–H and O–H groups in total. The first-order chi connectivity index (χ1) is 9.19. The summed E-state index contributed by atoms with van der Waals surface area (Å²) in [6.45, 7) is 1.11. The lowest BCUT2D eigenvalue weighted by Gasteiger charge is -2.04. The molecule has 0 saturated heterocycles. The van der Waals surface area contributed by atoms with E-state index in [2.05, 4.69) is 10.1 Å². The Morgan fingerprint density at radius 1 is 1.26 bits per heavy atom. The zero-order valence-electron chi connectivity index (χ0n) is 10.1. The number of nitrogens with zero attached hydrogens (tertiary/aromatic N) is 3. The van der Waals surface area contributed by atoms with Crippen LogP contribution in [-0.4, -0.2) is 26.5 Å². The maximum Gasteiger partial charge on any atom is 0.176 e. The van der Waals surface area contributed by atoms with Crippen LogP contribution >= 0.6 is 23.2 Å². The molecule has 2 rings (SSSR count). The van der Waals surface area contributed by atoms with Crippen molar-refractivity contribution in [2.45, 2.75) is 19.8 Å². The number of aliphatic hydroxyl groups excluding tert-OH is 1. The summed E-state index contributed by atoms with van der Waals surface area (Å²) in [4.78, 5) is 4.06. The third kappa shape index (κ3) is 4.18. The maximum atomic E-state index is 8.76. The minimum atomic E-state index is 0.0318. The molecule has 0 saturated carbocycles. The monoisotopic (exact) mass is 301 g/mol. The Hall–Kier alpha value is -1.14. The molecule has 0 aliphatic rings. The van der Waals surface area contributed by atoms with E-state index in [-0.39, 0.29) is 13.2 Å². The van der Waals surface area contributed by atoms with Crippen molar-refractivity contribution >= 4 is 23.2 Å². The molecule has 1 heterocycles. The summed E-state index contributed by atoms with van der Waals surface area (Å²) in [5.41, 5.74) is 0.862. The van der Waals surface area contributed by atoms with E-state index in [0.717, 1.165) is 5.56 Å². The van der Waals surface area contributed by atoms with Gasteiger partial charge in [0, 0.05) is 10.0 Å². The van der Waals surface area contributed by atoms with Gasteiger partial charge >= 0.3 is 0 Å². The molecule has 0 atom stereocenters. The first kappa shape index (κ1) is 14.3. The highest BCUT2D eigenvalue weighted by atomic mass is 35.5. The van der Waals surface area contributed by atoms with Gasteiger partial charge in [0.15, 0.2) is 5.82 Å². The Balaban J connectivity index is 1.85. The van der Waals surface area contributed by atoms with Gasteiger partial charge in [0.2, 0.25) is 0 Å². The van der Waals surface area contributed by atoms with Gasteiger partial charge in [-0.05, 0) is 17.7 Å². The van der Waals surface area contributed by atoms with Crippen molar-refractivity contribution in [2.75, 3.05) is 6.61 Å². The Kier molecular flexibility index (Phi) is 5.15. The first-order valence-electron chi connectivity index (χ1n) is 5.70. The van der Waals surface area contributed by atoms with Crippen molar-refractivity contribution in [3.8, 4) is 0 Å².